The lowest BCUT2D eigenvalue weighted by Crippen LogP contribution is -2.57. The van der Waals surface area contributed by atoms with E-state index in [0.29, 0.717) is 5.56 Å². The van der Waals surface area contributed by atoms with Gasteiger partial charge in [-0.05, 0) is 24.1 Å². The number of rotatable bonds is 13. The number of hydrogen-bond acceptors (Lipinski definition) is 8. The van der Waals surface area contributed by atoms with Crippen molar-refractivity contribution in [2.24, 2.45) is 5.73 Å². The third-order valence-corrected chi connectivity index (χ3v) is 4.29. The molecule has 13 heteroatoms. The summed E-state index contributed by atoms with van der Waals surface area (Å²) in [6.45, 7) is -1.35. The van der Waals surface area contributed by atoms with Gasteiger partial charge in [-0.2, -0.15) is 0 Å². The van der Waals surface area contributed by atoms with Gasteiger partial charge >= 0.3 is 11.9 Å². The van der Waals surface area contributed by atoms with Crippen molar-refractivity contribution >= 4 is 29.7 Å². The molecule has 0 saturated carbocycles. The molecule has 1 aromatic carbocycles. The third-order valence-electron chi connectivity index (χ3n) is 4.29. The Hall–Kier alpha value is -3.71. The normalized spacial score (nSPS) is 13.3. The third kappa shape index (κ3) is 8.97. The average Bonchev–Trinajstić information content (AvgIpc) is 2.74. The van der Waals surface area contributed by atoms with E-state index in [0.717, 1.165) is 0 Å². The minimum Gasteiger partial charge on any atom is -0.508 e. The Labute approximate surface area is 182 Å². The molecule has 32 heavy (non-hydrogen) atoms. The molecule has 0 fully saturated rings. The summed E-state index contributed by atoms with van der Waals surface area (Å²) in [5.41, 5.74) is 5.71. The molecule has 9 N–H and O–H groups in total. The van der Waals surface area contributed by atoms with Crippen LogP contribution in [0.2, 0.25) is 0 Å². The number of carboxylic acids is 2. The molecule has 3 unspecified atom stereocenters. The minimum absolute atomic E-state index is 0.0387. The number of aliphatic carboxylic acids is 2. The predicted molar refractivity (Wildman–Crippen MR) is 108 cm³/mol. The summed E-state index contributed by atoms with van der Waals surface area (Å²) in [7, 11) is 0. The van der Waals surface area contributed by atoms with Crippen molar-refractivity contribution in [1.82, 2.24) is 16.0 Å². The number of hydrogen-bond donors (Lipinski definition) is 8. The number of aliphatic hydroxyl groups excluding tert-OH is 1. The Kier molecular flexibility index (Phi) is 10.6. The van der Waals surface area contributed by atoms with Gasteiger partial charge in [-0.1, -0.05) is 12.1 Å². The largest absolute Gasteiger partial charge is 0.508 e. The number of carbonyl (C=O) groups excluding carboxylic acids is 3. The highest BCUT2D eigenvalue weighted by atomic mass is 16.4. The predicted octanol–water partition coefficient (Wildman–Crippen LogP) is -2.71. The van der Waals surface area contributed by atoms with Gasteiger partial charge in [0.25, 0.3) is 0 Å². The number of phenolic OH excluding ortho intramolecular Hbond substituents is 1. The van der Waals surface area contributed by atoms with Crippen molar-refractivity contribution in [3.8, 4) is 5.75 Å². The molecule has 0 saturated heterocycles. The SMILES string of the molecule is NCC(=O)NC(CCC(=O)O)C(=O)NC(Cc1ccc(O)cc1)C(=O)NC(CO)C(=O)O. The van der Waals surface area contributed by atoms with Crippen LogP contribution in [0.15, 0.2) is 24.3 Å². The lowest BCUT2D eigenvalue weighted by atomic mass is 10.0. The monoisotopic (exact) mass is 454 g/mol. The molecule has 13 nitrogen and oxygen atoms in total. The summed E-state index contributed by atoms with van der Waals surface area (Å²) in [4.78, 5) is 58.9. The number of benzene rings is 1. The van der Waals surface area contributed by atoms with Crippen LogP contribution in [0.3, 0.4) is 0 Å². The van der Waals surface area contributed by atoms with Crippen LogP contribution < -0.4 is 21.7 Å². The first kappa shape index (κ1) is 26.3. The summed E-state index contributed by atoms with van der Waals surface area (Å²) in [6.07, 6.45) is -0.871. The zero-order valence-corrected chi connectivity index (χ0v) is 17.0. The van der Waals surface area contributed by atoms with E-state index in [-0.39, 0.29) is 18.6 Å². The number of phenols is 1. The zero-order chi connectivity index (χ0) is 24.3. The number of carbonyl (C=O) groups is 5. The van der Waals surface area contributed by atoms with Crippen LogP contribution in [0.1, 0.15) is 18.4 Å². The molecule has 0 spiro atoms. The van der Waals surface area contributed by atoms with Crippen LogP contribution in [-0.4, -0.2) is 81.4 Å². The Balaban J connectivity index is 3.08. The highest BCUT2D eigenvalue weighted by Gasteiger charge is 2.29. The molecule has 0 radical (unpaired) electrons. The van der Waals surface area contributed by atoms with Gasteiger partial charge in [0.05, 0.1) is 13.2 Å². The van der Waals surface area contributed by atoms with E-state index in [2.05, 4.69) is 16.0 Å². The first-order valence-electron chi connectivity index (χ1n) is 9.50. The Bertz CT molecular complexity index is 829. The Morgan fingerprint density at radius 1 is 0.875 bits per heavy atom. The zero-order valence-electron chi connectivity index (χ0n) is 17.0. The van der Waals surface area contributed by atoms with E-state index in [9.17, 15) is 29.1 Å². The van der Waals surface area contributed by atoms with Crippen LogP contribution in [0.25, 0.3) is 0 Å². The number of carboxylic acid groups (broad SMARTS) is 2. The van der Waals surface area contributed by atoms with Gasteiger partial charge in [0.1, 0.15) is 23.9 Å². The first-order valence-corrected chi connectivity index (χ1v) is 9.50. The van der Waals surface area contributed by atoms with Crippen LogP contribution in [0.4, 0.5) is 0 Å². The Morgan fingerprint density at radius 3 is 1.94 bits per heavy atom. The topological polar surface area (TPSA) is 228 Å². The quantitative estimate of drug-likeness (QED) is 0.154. The second-order valence-electron chi connectivity index (χ2n) is 6.77. The number of nitrogens with one attached hydrogen (secondary N) is 3. The molecule has 0 aromatic heterocycles. The maximum Gasteiger partial charge on any atom is 0.328 e. The molecule has 0 aliphatic heterocycles. The van der Waals surface area contributed by atoms with E-state index in [1.807, 2.05) is 0 Å². The second-order valence-corrected chi connectivity index (χ2v) is 6.77. The Morgan fingerprint density at radius 2 is 1.44 bits per heavy atom. The summed E-state index contributed by atoms with van der Waals surface area (Å²) in [5.74, 6) is -5.29. The lowest BCUT2D eigenvalue weighted by molar-refractivity contribution is -0.143. The van der Waals surface area contributed by atoms with Gasteiger partial charge in [0.2, 0.25) is 17.7 Å². The second kappa shape index (κ2) is 12.9. The highest BCUT2D eigenvalue weighted by molar-refractivity contribution is 5.94. The van der Waals surface area contributed by atoms with E-state index < -0.39 is 67.4 Å². The van der Waals surface area contributed by atoms with Gasteiger partial charge in [-0.15, -0.1) is 0 Å². The van der Waals surface area contributed by atoms with Crippen molar-refractivity contribution < 1.29 is 44.4 Å². The fourth-order valence-corrected chi connectivity index (χ4v) is 2.60. The maximum atomic E-state index is 12.7. The molecule has 176 valence electrons. The summed E-state index contributed by atoms with van der Waals surface area (Å²) < 4.78 is 0. The molecule has 1 aromatic rings. The van der Waals surface area contributed by atoms with Crippen molar-refractivity contribution in [3.63, 3.8) is 0 Å². The van der Waals surface area contributed by atoms with Gasteiger partial charge in [-0.3, -0.25) is 19.2 Å². The highest BCUT2D eigenvalue weighted by Crippen LogP contribution is 2.12. The van der Waals surface area contributed by atoms with Gasteiger partial charge in [-0.25, -0.2) is 4.79 Å². The van der Waals surface area contributed by atoms with Crippen molar-refractivity contribution in [2.75, 3.05) is 13.2 Å². The van der Waals surface area contributed by atoms with Crippen LogP contribution in [0, 0.1) is 0 Å². The van der Waals surface area contributed by atoms with Crippen molar-refractivity contribution in [3.05, 3.63) is 29.8 Å². The lowest BCUT2D eigenvalue weighted by Gasteiger charge is -2.24. The molecule has 0 bridgehead atoms. The molecule has 3 atom stereocenters. The number of aliphatic hydroxyl groups is 1. The molecule has 3 amide bonds. The van der Waals surface area contributed by atoms with Crippen molar-refractivity contribution in [2.45, 2.75) is 37.4 Å². The van der Waals surface area contributed by atoms with Crippen molar-refractivity contribution in [1.29, 1.82) is 0 Å². The van der Waals surface area contributed by atoms with Gasteiger partial charge < -0.3 is 42.1 Å². The number of amides is 3. The average molecular weight is 454 g/mol. The van der Waals surface area contributed by atoms with Crippen LogP contribution in [-0.2, 0) is 30.4 Å². The molecule has 0 heterocycles. The van der Waals surface area contributed by atoms with Crippen LogP contribution in [0.5, 0.6) is 5.75 Å². The fraction of sp³-hybridized carbons (Fsp3) is 0.421. The summed E-state index contributed by atoms with van der Waals surface area (Å²) in [6, 6.07) is 1.35. The molecule has 0 aliphatic rings. The molecular formula is C19H26N4O9. The standard InChI is InChI=1S/C19H26N4O9/c20-8-15(26)21-12(5-6-16(27)28)17(29)22-13(7-10-1-3-11(25)4-2-10)18(30)23-14(9-24)19(31)32/h1-4,12-14,24-25H,5-9,20H2,(H,21,26)(H,22,29)(H,23,30)(H,27,28)(H,31,32). The molecule has 0 aliphatic carbocycles. The summed E-state index contributed by atoms with van der Waals surface area (Å²) in [5, 5.41) is 43.2. The van der Waals surface area contributed by atoms with E-state index in [4.69, 9.17) is 21.1 Å². The van der Waals surface area contributed by atoms with Gasteiger partial charge in [0.15, 0.2) is 0 Å². The molecule has 1 rings (SSSR count). The maximum absolute atomic E-state index is 12.7. The van der Waals surface area contributed by atoms with Gasteiger partial charge in [0, 0.05) is 12.8 Å². The van der Waals surface area contributed by atoms with E-state index in [1.165, 1.54) is 24.3 Å². The number of aromatic hydroxyl groups is 1. The number of nitrogens with two attached hydrogens (primary N) is 1. The summed E-state index contributed by atoms with van der Waals surface area (Å²) >= 11 is 0. The smallest absolute Gasteiger partial charge is 0.328 e. The fourth-order valence-electron chi connectivity index (χ4n) is 2.60. The minimum atomic E-state index is -1.62. The van der Waals surface area contributed by atoms with E-state index in [1.54, 1.807) is 0 Å². The van der Waals surface area contributed by atoms with Crippen LogP contribution >= 0.6 is 0 Å². The first-order chi connectivity index (χ1) is 15.1. The molecular weight excluding hydrogens is 428 g/mol. The van der Waals surface area contributed by atoms with E-state index >= 15 is 0 Å².